The van der Waals surface area contributed by atoms with Gasteiger partial charge in [0.2, 0.25) is 0 Å². The van der Waals surface area contributed by atoms with Crippen molar-refractivity contribution in [2.75, 3.05) is 39.5 Å². The summed E-state index contributed by atoms with van der Waals surface area (Å²) in [5.41, 5.74) is 1.35. The Labute approximate surface area is 109 Å². The average Bonchev–Trinajstić information content (AvgIpc) is 2.45. The zero-order valence-electron chi connectivity index (χ0n) is 10.9. The number of aliphatic hydroxyl groups is 1. The highest BCUT2D eigenvalue weighted by Gasteiger charge is 2.15. The van der Waals surface area contributed by atoms with Gasteiger partial charge in [-0.15, -0.1) is 0 Å². The van der Waals surface area contributed by atoms with Gasteiger partial charge in [0.05, 0.1) is 13.2 Å². The lowest BCUT2D eigenvalue weighted by atomic mass is 9.92. The van der Waals surface area contributed by atoms with Crippen molar-refractivity contribution < 1.29 is 9.84 Å². The van der Waals surface area contributed by atoms with Crippen molar-refractivity contribution >= 4 is 0 Å². The van der Waals surface area contributed by atoms with E-state index in [1.165, 1.54) is 5.56 Å². The summed E-state index contributed by atoms with van der Waals surface area (Å²) in [7, 11) is 0. The van der Waals surface area contributed by atoms with Crippen LogP contribution in [-0.2, 0) is 4.74 Å². The van der Waals surface area contributed by atoms with E-state index in [-0.39, 0.29) is 6.61 Å². The normalized spacial score (nSPS) is 18.7. The molecule has 1 heterocycles. The van der Waals surface area contributed by atoms with Crippen LogP contribution in [0.2, 0.25) is 0 Å². The van der Waals surface area contributed by atoms with Gasteiger partial charge in [-0.2, -0.15) is 0 Å². The van der Waals surface area contributed by atoms with E-state index in [9.17, 15) is 5.11 Å². The molecule has 1 aromatic carbocycles. The van der Waals surface area contributed by atoms with Crippen LogP contribution in [0.4, 0.5) is 0 Å². The number of aliphatic hydroxyl groups excluding tert-OH is 1. The summed E-state index contributed by atoms with van der Waals surface area (Å²) in [5.74, 6) is 0.471. The van der Waals surface area contributed by atoms with Gasteiger partial charge in [-0.3, -0.25) is 4.90 Å². The van der Waals surface area contributed by atoms with Crippen LogP contribution in [0.25, 0.3) is 0 Å². The van der Waals surface area contributed by atoms with E-state index in [2.05, 4.69) is 29.2 Å². The van der Waals surface area contributed by atoms with Gasteiger partial charge >= 0.3 is 0 Å². The van der Waals surface area contributed by atoms with Gasteiger partial charge < -0.3 is 9.84 Å². The molecule has 1 fully saturated rings. The molecule has 3 nitrogen and oxygen atoms in total. The number of morpholine rings is 1. The largest absolute Gasteiger partial charge is 0.396 e. The molecule has 0 radical (unpaired) electrons. The van der Waals surface area contributed by atoms with Gasteiger partial charge in [-0.05, 0) is 30.9 Å². The lowest BCUT2D eigenvalue weighted by Gasteiger charge is -2.28. The molecule has 1 N–H and O–H groups in total. The van der Waals surface area contributed by atoms with Gasteiger partial charge in [-0.25, -0.2) is 0 Å². The van der Waals surface area contributed by atoms with E-state index in [4.69, 9.17) is 4.74 Å². The molecule has 0 amide bonds. The summed E-state index contributed by atoms with van der Waals surface area (Å²) < 4.78 is 5.36. The Hall–Kier alpha value is -0.900. The smallest absolute Gasteiger partial charge is 0.0594 e. The Morgan fingerprint density at radius 1 is 1.11 bits per heavy atom. The standard InChI is InChI=1S/C15H23NO2/c17-11-7-15(14-4-2-1-3-5-14)6-8-16-9-12-18-13-10-16/h1-5,15,17H,6-13H2/t15-/m0/s1. The first kappa shape index (κ1) is 13.5. The zero-order chi connectivity index (χ0) is 12.6. The maximum absolute atomic E-state index is 9.20. The fraction of sp³-hybridized carbons (Fsp3) is 0.600. The molecule has 1 atom stereocenters. The molecule has 0 spiro atoms. The molecule has 100 valence electrons. The monoisotopic (exact) mass is 249 g/mol. The second-order valence-corrected chi connectivity index (χ2v) is 4.86. The lowest BCUT2D eigenvalue weighted by molar-refractivity contribution is 0.0362. The molecule has 2 rings (SSSR count). The fourth-order valence-corrected chi connectivity index (χ4v) is 2.52. The number of hydrogen-bond acceptors (Lipinski definition) is 3. The maximum atomic E-state index is 9.20. The molecule has 0 aliphatic carbocycles. The van der Waals surface area contributed by atoms with Crippen molar-refractivity contribution in [1.82, 2.24) is 4.90 Å². The minimum absolute atomic E-state index is 0.267. The SMILES string of the molecule is OCC[C@H](CCN1CCOCC1)c1ccccc1. The molecule has 0 aromatic heterocycles. The molecule has 1 aromatic rings. The Kier molecular flexibility index (Phi) is 5.65. The molecular weight excluding hydrogens is 226 g/mol. The molecule has 1 saturated heterocycles. The van der Waals surface area contributed by atoms with Crippen molar-refractivity contribution in [2.45, 2.75) is 18.8 Å². The molecule has 1 aliphatic rings. The Morgan fingerprint density at radius 2 is 1.83 bits per heavy atom. The van der Waals surface area contributed by atoms with Crippen molar-refractivity contribution in [2.24, 2.45) is 0 Å². The third-order valence-electron chi connectivity index (χ3n) is 3.65. The summed E-state index contributed by atoms with van der Waals surface area (Å²) in [6, 6.07) is 10.5. The number of nitrogens with zero attached hydrogens (tertiary/aromatic N) is 1. The van der Waals surface area contributed by atoms with Crippen LogP contribution in [0.3, 0.4) is 0 Å². The van der Waals surface area contributed by atoms with Gasteiger partial charge in [-0.1, -0.05) is 30.3 Å². The van der Waals surface area contributed by atoms with Crippen LogP contribution in [-0.4, -0.2) is 49.5 Å². The third kappa shape index (κ3) is 4.09. The second-order valence-electron chi connectivity index (χ2n) is 4.86. The maximum Gasteiger partial charge on any atom is 0.0594 e. The highest BCUT2D eigenvalue weighted by Crippen LogP contribution is 2.23. The summed E-state index contributed by atoms with van der Waals surface area (Å²) in [6.45, 7) is 5.17. The number of ether oxygens (including phenoxy) is 1. The quantitative estimate of drug-likeness (QED) is 0.835. The highest BCUT2D eigenvalue weighted by atomic mass is 16.5. The van der Waals surface area contributed by atoms with E-state index >= 15 is 0 Å². The van der Waals surface area contributed by atoms with Crippen molar-refractivity contribution in [3.8, 4) is 0 Å². The predicted molar refractivity (Wildman–Crippen MR) is 72.8 cm³/mol. The van der Waals surface area contributed by atoms with Crippen LogP contribution in [0, 0.1) is 0 Å². The summed E-state index contributed by atoms with van der Waals surface area (Å²) in [4.78, 5) is 2.46. The second kappa shape index (κ2) is 7.52. The topological polar surface area (TPSA) is 32.7 Å². The van der Waals surface area contributed by atoms with Gasteiger partial charge in [0.25, 0.3) is 0 Å². The van der Waals surface area contributed by atoms with Crippen LogP contribution in [0.15, 0.2) is 30.3 Å². The summed E-state index contributed by atoms with van der Waals surface area (Å²) >= 11 is 0. The van der Waals surface area contributed by atoms with E-state index in [1.54, 1.807) is 0 Å². The van der Waals surface area contributed by atoms with Crippen LogP contribution >= 0.6 is 0 Å². The molecule has 0 unspecified atom stereocenters. The van der Waals surface area contributed by atoms with Gasteiger partial charge in [0.1, 0.15) is 0 Å². The number of benzene rings is 1. The minimum Gasteiger partial charge on any atom is -0.396 e. The van der Waals surface area contributed by atoms with Gasteiger partial charge in [0.15, 0.2) is 0 Å². The third-order valence-corrected chi connectivity index (χ3v) is 3.65. The van der Waals surface area contributed by atoms with E-state index < -0.39 is 0 Å². The molecule has 3 heteroatoms. The van der Waals surface area contributed by atoms with Crippen LogP contribution < -0.4 is 0 Å². The lowest BCUT2D eigenvalue weighted by Crippen LogP contribution is -2.37. The number of hydrogen-bond donors (Lipinski definition) is 1. The highest BCUT2D eigenvalue weighted by molar-refractivity contribution is 5.19. The Morgan fingerprint density at radius 3 is 2.50 bits per heavy atom. The zero-order valence-corrected chi connectivity index (χ0v) is 10.9. The first-order chi connectivity index (χ1) is 8.90. The van der Waals surface area contributed by atoms with E-state index in [0.717, 1.165) is 45.7 Å². The molecular formula is C15H23NO2. The van der Waals surface area contributed by atoms with Crippen molar-refractivity contribution in [3.05, 3.63) is 35.9 Å². The summed E-state index contributed by atoms with van der Waals surface area (Å²) in [5, 5.41) is 9.20. The van der Waals surface area contributed by atoms with Crippen LogP contribution in [0.5, 0.6) is 0 Å². The van der Waals surface area contributed by atoms with Crippen LogP contribution in [0.1, 0.15) is 24.3 Å². The number of rotatable bonds is 6. The summed E-state index contributed by atoms with van der Waals surface area (Å²) in [6.07, 6.45) is 1.97. The fourth-order valence-electron chi connectivity index (χ4n) is 2.52. The van der Waals surface area contributed by atoms with Crippen molar-refractivity contribution in [3.63, 3.8) is 0 Å². The van der Waals surface area contributed by atoms with E-state index in [1.807, 2.05) is 6.07 Å². The minimum atomic E-state index is 0.267. The average molecular weight is 249 g/mol. The first-order valence-electron chi connectivity index (χ1n) is 6.86. The van der Waals surface area contributed by atoms with Gasteiger partial charge in [0, 0.05) is 19.7 Å². The molecule has 0 bridgehead atoms. The predicted octanol–water partition coefficient (Wildman–Crippen LogP) is 1.87. The Balaban J connectivity index is 1.86. The first-order valence-corrected chi connectivity index (χ1v) is 6.86. The molecule has 1 aliphatic heterocycles. The Bertz CT molecular complexity index is 323. The molecule has 18 heavy (non-hydrogen) atoms. The molecule has 0 saturated carbocycles. The van der Waals surface area contributed by atoms with E-state index in [0.29, 0.717) is 5.92 Å². The van der Waals surface area contributed by atoms with Crippen molar-refractivity contribution in [1.29, 1.82) is 0 Å².